The molecule has 158 valence electrons. The molecule has 0 saturated carbocycles. The number of para-hydroxylation sites is 2. The summed E-state index contributed by atoms with van der Waals surface area (Å²) < 4.78 is 0. The van der Waals surface area contributed by atoms with Gasteiger partial charge >= 0.3 is 0 Å². The first-order chi connectivity index (χ1) is 15.2. The molecule has 1 amide bonds. The van der Waals surface area contributed by atoms with Gasteiger partial charge < -0.3 is 10.4 Å². The second-order valence-corrected chi connectivity index (χ2v) is 8.63. The predicted octanol–water partition coefficient (Wildman–Crippen LogP) is 4.31. The molecule has 3 aromatic rings. The van der Waals surface area contributed by atoms with E-state index in [1.54, 1.807) is 24.3 Å². The van der Waals surface area contributed by atoms with E-state index in [1.807, 2.05) is 30.5 Å². The topological polar surface area (TPSA) is 65.5 Å². The second kappa shape index (κ2) is 8.16. The minimum atomic E-state index is -0.257. The average molecular weight is 414 g/mol. The molecule has 31 heavy (non-hydrogen) atoms. The highest BCUT2D eigenvalue weighted by molar-refractivity contribution is 5.97. The van der Waals surface area contributed by atoms with Gasteiger partial charge in [-0.1, -0.05) is 36.4 Å². The van der Waals surface area contributed by atoms with Gasteiger partial charge in [0.1, 0.15) is 5.75 Å². The number of nitrogens with one attached hydrogen (secondary N) is 1. The number of piperidine rings is 3. The molecule has 2 bridgehead atoms. The van der Waals surface area contributed by atoms with E-state index in [9.17, 15) is 9.90 Å². The number of benzene rings is 2. The molecule has 3 saturated heterocycles. The van der Waals surface area contributed by atoms with Gasteiger partial charge in [-0.15, -0.1) is 6.58 Å². The summed E-state index contributed by atoms with van der Waals surface area (Å²) in [6.07, 6.45) is 6.09. The fourth-order valence-electron chi connectivity index (χ4n) is 5.38. The zero-order valence-electron chi connectivity index (χ0n) is 17.4. The number of pyridine rings is 1. The van der Waals surface area contributed by atoms with Gasteiger partial charge in [0.2, 0.25) is 0 Å². The highest BCUT2D eigenvalue weighted by Gasteiger charge is 2.43. The third-order valence-corrected chi connectivity index (χ3v) is 6.99. The minimum Gasteiger partial charge on any atom is -0.507 e. The summed E-state index contributed by atoms with van der Waals surface area (Å²) in [4.78, 5) is 20.2. The van der Waals surface area contributed by atoms with E-state index in [4.69, 9.17) is 0 Å². The summed E-state index contributed by atoms with van der Waals surface area (Å²) in [6, 6.07) is 16.8. The number of hydrogen-bond acceptors (Lipinski definition) is 4. The average Bonchev–Trinajstić information content (AvgIpc) is 2.82. The molecule has 6 rings (SSSR count). The number of hydrogen-bond donors (Lipinski definition) is 2. The van der Waals surface area contributed by atoms with Gasteiger partial charge in [-0.3, -0.25) is 14.7 Å². The Morgan fingerprint density at radius 1 is 1.19 bits per heavy atom. The summed E-state index contributed by atoms with van der Waals surface area (Å²) >= 11 is 0. The molecular formula is C26H27N3O2. The number of aromatic nitrogens is 1. The van der Waals surface area contributed by atoms with Crippen molar-refractivity contribution < 1.29 is 9.90 Å². The van der Waals surface area contributed by atoms with Crippen molar-refractivity contribution >= 4 is 16.8 Å². The van der Waals surface area contributed by atoms with E-state index in [0.29, 0.717) is 17.4 Å². The molecule has 0 radical (unpaired) electrons. The van der Waals surface area contributed by atoms with Crippen molar-refractivity contribution in [1.82, 2.24) is 15.2 Å². The Hall–Kier alpha value is -3.18. The maximum Gasteiger partial charge on any atom is 0.255 e. The summed E-state index contributed by atoms with van der Waals surface area (Å²) in [6.45, 7) is 6.05. The molecule has 0 aliphatic carbocycles. The SMILES string of the molecule is C=C[C@H]1CN2CC[C@H]1C[C@@H]2[C@H](NC(=O)c1ccccc1O)c1ccnc2ccccc12. The smallest absolute Gasteiger partial charge is 0.255 e. The molecule has 3 aliphatic rings. The van der Waals surface area contributed by atoms with E-state index >= 15 is 0 Å². The first-order valence-electron chi connectivity index (χ1n) is 10.9. The van der Waals surface area contributed by atoms with E-state index in [-0.39, 0.29) is 23.7 Å². The zero-order valence-corrected chi connectivity index (χ0v) is 17.4. The van der Waals surface area contributed by atoms with Gasteiger partial charge in [0.15, 0.2) is 0 Å². The number of phenols is 1. The van der Waals surface area contributed by atoms with Crippen LogP contribution in [0.15, 0.2) is 73.4 Å². The van der Waals surface area contributed by atoms with Gasteiger partial charge in [0.05, 0.1) is 17.1 Å². The number of carbonyl (C=O) groups is 1. The Morgan fingerprint density at radius 3 is 2.77 bits per heavy atom. The number of amides is 1. The molecule has 5 nitrogen and oxygen atoms in total. The molecule has 3 fully saturated rings. The molecule has 4 heterocycles. The van der Waals surface area contributed by atoms with E-state index in [1.165, 1.54) is 6.42 Å². The Balaban J connectivity index is 1.55. The number of carbonyl (C=O) groups excluding carboxylic acids is 1. The van der Waals surface area contributed by atoms with Crippen LogP contribution in [0.25, 0.3) is 10.9 Å². The molecule has 2 aromatic carbocycles. The lowest BCUT2D eigenvalue weighted by molar-refractivity contribution is 0.00169. The maximum absolute atomic E-state index is 13.2. The van der Waals surface area contributed by atoms with Gasteiger partial charge in [-0.2, -0.15) is 0 Å². The quantitative estimate of drug-likeness (QED) is 0.612. The van der Waals surface area contributed by atoms with Gasteiger partial charge in [-0.25, -0.2) is 0 Å². The molecular weight excluding hydrogens is 386 g/mol. The van der Waals surface area contributed by atoms with Crippen LogP contribution in [0.1, 0.15) is 34.8 Å². The Kier molecular flexibility index (Phi) is 5.20. The monoisotopic (exact) mass is 413 g/mol. The standard InChI is InChI=1S/C26H27N3O2/c1-2-17-16-29-14-12-18(17)15-23(29)25(28-26(31)21-8-4-6-10-24(21)30)20-11-13-27-22-9-5-3-7-19(20)22/h2-11,13,17-18,23,25,30H,1,12,14-16H2,(H,28,31)/t17-,18-,23+,25+/m0/s1. The lowest BCUT2D eigenvalue weighted by Crippen LogP contribution is -2.57. The molecule has 0 spiro atoms. The number of nitrogens with zero attached hydrogens (tertiary/aromatic N) is 2. The largest absolute Gasteiger partial charge is 0.507 e. The van der Waals surface area contributed by atoms with Crippen molar-refractivity contribution in [2.45, 2.75) is 24.9 Å². The van der Waals surface area contributed by atoms with Crippen LogP contribution in [0.4, 0.5) is 0 Å². The van der Waals surface area contributed by atoms with E-state index in [0.717, 1.165) is 36.0 Å². The summed E-state index contributed by atoms with van der Waals surface area (Å²) in [7, 11) is 0. The Morgan fingerprint density at radius 2 is 2.00 bits per heavy atom. The normalized spacial score (nSPS) is 25.8. The summed E-state index contributed by atoms with van der Waals surface area (Å²) in [5.74, 6) is 0.835. The van der Waals surface area contributed by atoms with Crippen LogP contribution < -0.4 is 5.32 Å². The third kappa shape index (κ3) is 3.59. The number of phenolic OH excluding ortho intramolecular Hbond substituents is 1. The minimum absolute atomic E-state index is 0.00414. The Bertz CT molecular complexity index is 1120. The molecule has 2 N–H and O–H groups in total. The molecule has 5 atom stereocenters. The first kappa shape index (κ1) is 19.8. The lowest BCUT2D eigenvalue weighted by atomic mass is 9.73. The molecule has 1 aromatic heterocycles. The Labute approximate surface area is 182 Å². The van der Waals surface area contributed by atoms with Crippen LogP contribution in [-0.2, 0) is 0 Å². The van der Waals surface area contributed by atoms with Crippen LogP contribution in [0.3, 0.4) is 0 Å². The molecule has 3 aliphatic heterocycles. The fourth-order valence-corrected chi connectivity index (χ4v) is 5.38. The van der Waals surface area contributed by atoms with Gasteiger partial charge in [0.25, 0.3) is 5.91 Å². The van der Waals surface area contributed by atoms with Gasteiger partial charge in [0, 0.05) is 24.2 Å². The highest BCUT2D eigenvalue weighted by atomic mass is 16.3. The van der Waals surface area contributed by atoms with Crippen molar-refractivity contribution in [2.24, 2.45) is 11.8 Å². The number of aromatic hydroxyl groups is 1. The van der Waals surface area contributed by atoms with E-state index in [2.05, 4.69) is 33.9 Å². The predicted molar refractivity (Wildman–Crippen MR) is 122 cm³/mol. The highest BCUT2D eigenvalue weighted by Crippen LogP contribution is 2.42. The van der Waals surface area contributed by atoms with Gasteiger partial charge in [-0.05, 0) is 61.1 Å². The first-order valence-corrected chi connectivity index (χ1v) is 10.9. The van der Waals surface area contributed by atoms with Crippen LogP contribution in [0.5, 0.6) is 5.75 Å². The second-order valence-electron chi connectivity index (χ2n) is 8.63. The van der Waals surface area contributed by atoms with Crippen LogP contribution in [-0.4, -0.2) is 40.0 Å². The van der Waals surface area contributed by atoms with Crippen molar-refractivity contribution in [3.63, 3.8) is 0 Å². The summed E-state index contributed by atoms with van der Waals surface area (Å²) in [5.41, 5.74) is 2.29. The van der Waals surface area contributed by atoms with Crippen molar-refractivity contribution in [2.75, 3.05) is 13.1 Å². The van der Waals surface area contributed by atoms with Crippen molar-refractivity contribution in [3.8, 4) is 5.75 Å². The third-order valence-electron chi connectivity index (χ3n) is 6.99. The fraction of sp³-hybridized carbons (Fsp3) is 0.308. The zero-order chi connectivity index (χ0) is 21.4. The van der Waals surface area contributed by atoms with Crippen LogP contribution in [0.2, 0.25) is 0 Å². The summed E-state index contributed by atoms with van der Waals surface area (Å²) in [5, 5.41) is 14.6. The lowest BCUT2D eigenvalue weighted by Gasteiger charge is -2.51. The van der Waals surface area contributed by atoms with Crippen molar-refractivity contribution in [1.29, 1.82) is 0 Å². The van der Waals surface area contributed by atoms with Crippen LogP contribution in [0, 0.1) is 11.8 Å². The van der Waals surface area contributed by atoms with Crippen molar-refractivity contribution in [3.05, 3.63) is 84.6 Å². The van der Waals surface area contributed by atoms with Crippen LogP contribution >= 0.6 is 0 Å². The molecule has 1 unspecified atom stereocenters. The maximum atomic E-state index is 13.2. The van der Waals surface area contributed by atoms with E-state index < -0.39 is 0 Å². The molecule has 5 heteroatoms. The number of fused-ring (bicyclic) bond motifs is 4. The number of rotatable bonds is 5.